The van der Waals surface area contributed by atoms with Crippen molar-refractivity contribution < 1.29 is 28.6 Å². The lowest BCUT2D eigenvalue weighted by Gasteiger charge is -2.19. The van der Waals surface area contributed by atoms with Crippen LogP contribution in [0, 0.1) is 0 Å². The highest BCUT2D eigenvalue weighted by molar-refractivity contribution is 6.68. The molecule has 0 aliphatic rings. The molecule has 0 aliphatic carbocycles. The van der Waals surface area contributed by atoms with Crippen LogP contribution in [0.15, 0.2) is 0 Å². The molecular weight excluding hydrogens is 298 g/mol. The van der Waals surface area contributed by atoms with Gasteiger partial charge in [-0.15, -0.1) is 0 Å². The van der Waals surface area contributed by atoms with E-state index >= 15 is 0 Å². The van der Waals surface area contributed by atoms with Crippen LogP contribution in [-0.2, 0) is 28.6 Å². The summed E-state index contributed by atoms with van der Waals surface area (Å²) in [5.41, 5.74) is 0. The molecule has 9 heteroatoms. The monoisotopic (exact) mass is 305 g/mol. The fourth-order valence-electron chi connectivity index (χ4n) is 0.709. The van der Waals surface area contributed by atoms with E-state index in [4.69, 9.17) is 34.8 Å². The minimum Gasteiger partial charge on any atom is -0.469 e. The first-order chi connectivity index (χ1) is 7.82. The summed E-state index contributed by atoms with van der Waals surface area (Å²) in [7, 11) is 1.18. The molecule has 6 nitrogen and oxygen atoms in total. The molecule has 0 fully saturated rings. The van der Waals surface area contributed by atoms with Crippen LogP contribution in [0.2, 0.25) is 0 Å². The standard InChI is InChI=1S/C8H8Cl3O6/c1-15-5(13)2-3-16-7(14)6(17-4-12)8(9,10)11/h6H,2-3H2,1H3. The summed E-state index contributed by atoms with van der Waals surface area (Å²) in [5, 5.41) is 0. The molecule has 0 amide bonds. The van der Waals surface area contributed by atoms with Crippen LogP contribution >= 0.6 is 34.8 Å². The SMILES string of the molecule is COC(=O)CCOC(=O)C(O[C]=O)C(Cl)(Cl)Cl. The van der Waals surface area contributed by atoms with Crippen molar-refractivity contribution in [2.75, 3.05) is 13.7 Å². The number of carbonyl (C=O) groups excluding carboxylic acids is 3. The molecular formula is C8H8Cl3O6. The van der Waals surface area contributed by atoms with Crippen molar-refractivity contribution in [1.82, 2.24) is 0 Å². The van der Waals surface area contributed by atoms with Crippen molar-refractivity contribution in [2.45, 2.75) is 16.3 Å². The lowest BCUT2D eigenvalue weighted by atomic mass is 10.4. The van der Waals surface area contributed by atoms with Gasteiger partial charge >= 0.3 is 18.4 Å². The molecule has 0 aromatic carbocycles. The number of hydrogen-bond acceptors (Lipinski definition) is 6. The smallest absolute Gasteiger partial charge is 0.418 e. The Bertz CT molecular complexity index is 287. The largest absolute Gasteiger partial charge is 0.469 e. The molecule has 0 spiro atoms. The van der Waals surface area contributed by atoms with Crippen LogP contribution in [0.1, 0.15) is 6.42 Å². The zero-order chi connectivity index (χ0) is 13.5. The highest BCUT2D eigenvalue weighted by atomic mass is 35.6. The number of methoxy groups -OCH3 is 1. The summed E-state index contributed by atoms with van der Waals surface area (Å²) in [6, 6.07) is 0. The van der Waals surface area contributed by atoms with Gasteiger partial charge < -0.3 is 14.2 Å². The minimum absolute atomic E-state index is 0.167. The third-order valence-electron chi connectivity index (χ3n) is 1.46. The lowest BCUT2D eigenvalue weighted by molar-refractivity contribution is -0.154. The van der Waals surface area contributed by atoms with Crippen LogP contribution in [0.25, 0.3) is 0 Å². The summed E-state index contributed by atoms with van der Waals surface area (Å²) < 4.78 is 10.8. The summed E-state index contributed by atoms with van der Waals surface area (Å²) in [6.07, 6.45) is -1.91. The fourth-order valence-corrected chi connectivity index (χ4v) is 1.11. The van der Waals surface area contributed by atoms with Crippen molar-refractivity contribution in [3.05, 3.63) is 0 Å². The van der Waals surface area contributed by atoms with Crippen molar-refractivity contribution >= 4 is 53.2 Å². The minimum atomic E-state index is -2.18. The van der Waals surface area contributed by atoms with Crippen LogP contribution in [-0.4, -0.2) is 42.0 Å². The van der Waals surface area contributed by atoms with Crippen molar-refractivity contribution in [1.29, 1.82) is 0 Å². The summed E-state index contributed by atoms with van der Waals surface area (Å²) in [4.78, 5) is 32.0. The van der Waals surface area contributed by atoms with Gasteiger partial charge in [0.25, 0.3) is 0 Å². The molecule has 0 heterocycles. The first kappa shape index (κ1) is 16.3. The van der Waals surface area contributed by atoms with Crippen molar-refractivity contribution in [3.8, 4) is 0 Å². The van der Waals surface area contributed by atoms with E-state index in [-0.39, 0.29) is 13.0 Å². The number of hydrogen-bond donors (Lipinski definition) is 0. The van der Waals surface area contributed by atoms with E-state index in [1.165, 1.54) is 7.11 Å². The van der Waals surface area contributed by atoms with Gasteiger partial charge in [-0.25, -0.2) is 9.59 Å². The average molecular weight is 307 g/mol. The number of alkyl halides is 3. The quantitative estimate of drug-likeness (QED) is 0.412. The second-order valence-electron chi connectivity index (χ2n) is 2.62. The van der Waals surface area contributed by atoms with Gasteiger partial charge in [-0.2, -0.15) is 0 Å². The van der Waals surface area contributed by atoms with Crippen LogP contribution in [0.5, 0.6) is 0 Å². The Morgan fingerprint density at radius 2 is 1.94 bits per heavy atom. The highest BCUT2D eigenvalue weighted by Crippen LogP contribution is 2.32. The normalized spacial score (nSPS) is 12.5. The van der Waals surface area contributed by atoms with Crippen molar-refractivity contribution in [2.24, 2.45) is 0 Å². The maximum absolute atomic E-state index is 11.3. The Kier molecular flexibility index (Phi) is 7.26. The summed E-state index contributed by atoms with van der Waals surface area (Å²) in [5.74, 6) is -1.68. The number of esters is 2. The molecule has 0 aromatic rings. The lowest BCUT2D eigenvalue weighted by Crippen LogP contribution is -2.38. The second-order valence-corrected chi connectivity index (χ2v) is 4.99. The van der Waals surface area contributed by atoms with Crippen LogP contribution in [0.4, 0.5) is 0 Å². The van der Waals surface area contributed by atoms with Gasteiger partial charge in [0.2, 0.25) is 9.90 Å². The molecule has 1 atom stereocenters. The Balaban J connectivity index is 4.25. The van der Waals surface area contributed by atoms with Gasteiger partial charge in [0.1, 0.15) is 6.61 Å². The van der Waals surface area contributed by atoms with Crippen molar-refractivity contribution in [3.63, 3.8) is 0 Å². The zero-order valence-corrected chi connectivity index (χ0v) is 10.8. The molecule has 0 saturated heterocycles. The molecule has 0 saturated carbocycles. The fraction of sp³-hybridized carbons (Fsp3) is 0.625. The maximum atomic E-state index is 11.3. The Morgan fingerprint density at radius 3 is 2.35 bits per heavy atom. The third-order valence-corrected chi connectivity index (χ3v) is 2.05. The highest BCUT2D eigenvalue weighted by Gasteiger charge is 2.42. The third kappa shape index (κ3) is 6.55. The number of ether oxygens (including phenoxy) is 3. The molecule has 0 bridgehead atoms. The molecule has 0 aromatic heterocycles. The van der Waals surface area contributed by atoms with Gasteiger partial charge in [-0.3, -0.25) is 4.79 Å². The molecule has 0 N–H and O–H groups in total. The van der Waals surface area contributed by atoms with Gasteiger partial charge in [0.15, 0.2) is 0 Å². The van der Waals surface area contributed by atoms with E-state index < -0.39 is 21.8 Å². The van der Waals surface area contributed by atoms with E-state index in [1.54, 1.807) is 0 Å². The zero-order valence-electron chi connectivity index (χ0n) is 8.57. The average Bonchev–Trinajstić information content (AvgIpc) is 2.23. The van der Waals surface area contributed by atoms with Gasteiger partial charge in [0, 0.05) is 0 Å². The Hall–Kier alpha value is -0.720. The summed E-state index contributed by atoms with van der Waals surface area (Å²) in [6.45, 7) is 0.683. The number of halogens is 3. The van der Waals surface area contributed by atoms with Gasteiger partial charge in [-0.1, -0.05) is 34.8 Å². The van der Waals surface area contributed by atoms with E-state index in [1.807, 2.05) is 0 Å². The molecule has 17 heavy (non-hydrogen) atoms. The first-order valence-corrected chi connectivity index (χ1v) is 5.29. The second kappa shape index (κ2) is 7.58. The Labute approximate surface area is 112 Å². The predicted octanol–water partition coefficient (Wildman–Crippen LogP) is 0.915. The van der Waals surface area contributed by atoms with E-state index in [9.17, 15) is 14.4 Å². The molecule has 0 aliphatic heterocycles. The first-order valence-electron chi connectivity index (χ1n) is 4.16. The molecule has 0 rings (SSSR count). The number of carbonyl (C=O) groups is 2. The molecule has 97 valence electrons. The molecule has 1 radical (unpaired) electrons. The summed E-state index contributed by atoms with van der Waals surface area (Å²) >= 11 is 16.1. The van der Waals surface area contributed by atoms with E-state index in [2.05, 4.69) is 14.2 Å². The Morgan fingerprint density at radius 1 is 1.35 bits per heavy atom. The van der Waals surface area contributed by atoms with E-state index in [0.29, 0.717) is 0 Å². The maximum Gasteiger partial charge on any atom is 0.418 e. The van der Waals surface area contributed by atoms with E-state index in [0.717, 1.165) is 6.47 Å². The van der Waals surface area contributed by atoms with Crippen LogP contribution < -0.4 is 0 Å². The van der Waals surface area contributed by atoms with Gasteiger partial charge in [0.05, 0.1) is 13.5 Å². The predicted molar refractivity (Wildman–Crippen MR) is 58.4 cm³/mol. The topological polar surface area (TPSA) is 78.9 Å². The van der Waals surface area contributed by atoms with Crippen LogP contribution in [0.3, 0.4) is 0 Å². The van der Waals surface area contributed by atoms with Gasteiger partial charge in [-0.05, 0) is 0 Å². The molecule has 1 unspecified atom stereocenters. The number of rotatable bonds is 6.